The molecule has 1 rings (SSSR count). The van der Waals surface area contributed by atoms with Crippen LogP contribution in [0.2, 0.25) is 0 Å². The molecule has 11 heavy (non-hydrogen) atoms. The Kier molecular flexibility index (Phi) is 2.11. The third-order valence-electron chi connectivity index (χ3n) is 1.34. The SMILES string of the molecule is [13CH3]Oc1cc(C=O)ccc1O. The summed E-state index contributed by atoms with van der Waals surface area (Å²) in [6, 6.07) is 4.41. The van der Waals surface area contributed by atoms with E-state index in [9.17, 15) is 4.79 Å². The van der Waals surface area contributed by atoms with Gasteiger partial charge < -0.3 is 9.84 Å². The molecule has 0 aliphatic carbocycles. The zero-order valence-corrected chi connectivity index (χ0v) is 6.07. The third kappa shape index (κ3) is 1.49. The Morgan fingerprint density at radius 1 is 1.55 bits per heavy atom. The summed E-state index contributed by atoms with van der Waals surface area (Å²) in [5.74, 6) is 0.354. The number of rotatable bonds is 2. The Morgan fingerprint density at radius 3 is 2.82 bits per heavy atom. The summed E-state index contributed by atoms with van der Waals surface area (Å²) in [6.07, 6.45) is 0.696. The summed E-state index contributed by atoms with van der Waals surface area (Å²) >= 11 is 0. The third-order valence-corrected chi connectivity index (χ3v) is 1.34. The van der Waals surface area contributed by atoms with Crippen LogP contribution in [0.3, 0.4) is 0 Å². The number of hydrogen-bond acceptors (Lipinski definition) is 3. The van der Waals surface area contributed by atoms with Crippen LogP contribution in [0.15, 0.2) is 18.2 Å². The van der Waals surface area contributed by atoms with E-state index in [1.54, 1.807) is 0 Å². The van der Waals surface area contributed by atoms with Gasteiger partial charge in [0.15, 0.2) is 11.5 Å². The van der Waals surface area contributed by atoms with E-state index in [4.69, 9.17) is 9.84 Å². The van der Waals surface area contributed by atoms with Gasteiger partial charge in [-0.05, 0) is 18.2 Å². The van der Waals surface area contributed by atoms with Crippen LogP contribution < -0.4 is 4.74 Å². The van der Waals surface area contributed by atoms with Crippen LogP contribution in [-0.2, 0) is 0 Å². The summed E-state index contributed by atoms with van der Waals surface area (Å²) in [7, 11) is 1.43. The van der Waals surface area contributed by atoms with E-state index in [2.05, 4.69) is 0 Å². The minimum absolute atomic E-state index is 0.0399. The van der Waals surface area contributed by atoms with E-state index in [1.165, 1.54) is 25.3 Å². The molecule has 0 saturated heterocycles. The Bertz CT molecular complexity index is 268. The highest BCUT2D eigenvalue weighted by Gasteiger charge is 2.00. The van der Waals surface area contributed by atoms with Gasteiger partial charge in [0.25, 0.3) is 0 Å². The molecule has 0 aliphatic rings. The number of hydrogen-bond donors (Lipinski definition) is 1. The first kappa shape index (κ1) is 7.60. The fraction of sp³-hybridized carbons (Fsp3) is 0.125. The molecule has 0 spiro atoms. The first-order valence-electron chi connectivity index (χ1n) is 3.10. The summed E-state index contributed by atoms with van der Waals surface area (Å²) in [5, 5.41) is 9.09. The highest BCUT2D eigenvalue weighted by molar-refractivity contribution is 5.76. The molecule has 0 saturated carbocycles. The quantitative estimate of drug-likeness (QED) is 0.513. The van der Waals surface area contributed by atoms with Crippen LogP contribution >= 0.6 is 0 Å². The Hall–Kier alpha value is -1.51. The second-order valence-electron chi connectivity index (χ2n) is 2.05. The van der Waals surface area contributed by atoms with Crippen molar-refractivity contribution in [3.63, 3.8) is 0 Å². The van der Waals surface area contributed by atoms with Crippen molar-refractivity contribution in [2.75, 3.05) is 7.11 Å². The predicted octanol–water partition coefficient (Wildman–Crippen LogP) is 1.21. The lowest BCUT2D eigenvalue weighted by Crippen LogP contribution is -1.85. The van der Waals surface area contributed by atoms with Gasteiger partial charge in [0.2, 0.25) is 0 Å². The second kappa shape index (κ2) is 3.05. The maximum Gasteiger partial charge on any atom is 0.161 e. The molecular formula is C8H8O3. The van der Waals surface area contributed by atoms with Gasteiger partial charge in [-0.3, -0.25) is 4.79 Å². The zero-order chi connectivity index (χ0) is 8.27. The van der Waals surface area contributed by atoms with Crippen molar-refractivity contribution in [3.8, 4) is 11.5 Å². The molecular weight excluding hydrogens is 145 g/mol. The van der Waals surface area contributed by atoms with Crippen molar-refractivity contribution < 1.29 is 14.6 Å². The first-order valence-corrected chi connectivity index (χ1v) is 3.10. The van der Waals surface area contributed by atoms with Crippen LogP contribution in [0.4, 0.5) is 0 Å². The van der Waals surface area contributed by atoms with E-state index in [0.717, 1.165) is 0 Å². The van der Waals surface area contributed by atoms with Gasteiger partial charge in [-0.15, -0.1) is 0 Å². The molecule has 0 amide bonds. The Morgan fingerprint density at radius 2 is 2.27 bits per heavy atom. The molecule has 0 heterocycles. The van der Waals surface area contributed by atoms with Gasteiger partial charge in [-0.25, -0.2) is 0 Å². The van der Waals surface area contributed by atoms with Gasteiger partial charge in [-0.1, -0.05) is 0 Å². The van der Waals surface area contributed by atoms with Crippen LogP contribution in [0.5, 0.6) is 11.5 Å². The largest absolute Gasteiger partial charge is 0.504 e. The maximum absolute atomic E-state index is 10.2. The van der Waals surface area contributed by atoms with E-state index in [1.807, 2.05) is 0 Å². The summed E-state index contributed by atoms with van der Waals surface area (Å²) in [5.41, 5.74) is 0.486. The van der Waals surface area contributed by atoms with Crippen LogP contribution in [0.1, 0.15) is 10.4 Å². The molecule has 0 aromatic heterocycles. The summed E-state index contributed by atoms with van der Waals surface area (Å²) in [4.78, 5) is 10.2. The van der Waals surface area contributed by atoms with E-state index in [-0.39, 0.29) is 5.75 Å². The number of phenols is 1. The lowest BCUT2D eigenvalue weighted by Gasteiger charge is -2.01. The molecule has 0 atom stereocenters. The van der Waals surface area contributed by atoms with Crippen molar-refractivity contribution in [2.24, 2.45) is 0 Å². The lowest BCUT2D eigenvalue weighted by atomic mass is 10.2. The van der Waals surface area contributed by atoms with E-state index < -0.39 is 0 Å². The molecule has 3 nitrogen and oxygen atoms in total. The number of carbonyl (C=O) groups excluding carboxylic acids is 1. The van der Waals surface area contributed by atoms with Gasteiger partial charge in [0.1, 0.15) is 6.29 Å². The number of methoxy groups -OCH3 is 1. The molecule has 1 aromatic rings. The molecule has 0 aliphatic heterocycles. The molecule has 0 bridgehead atoms. The van der Waals surface area contributed by atoms with Crippen molar-refractivity contribution in [1.29, 1.82) is 0 Å². The number of phenolic OH excluding ortho intramolecular Hbond substituents is 1. The minimum Gasteiger partial charge on any atom is -0.504 e. The molecule has 3 heteroatoms. The van der Waals surface area contributed by atoms with Crippen LogP contribution in [-0.4, -0.2) is 18.5 Å². The Labute approximate surface area is 64.2 Å². The molecule has 0 radical (unpaired) electrons. The monoisotopic (exact) mass is 153 g/mol. The number of benzene rings is 1. The first-order chi connectivity index (χ1) is 5.27. The van der Waals surface area contributed by atoms with Gasteiger partial charge in [0, 0.05) is 5.56 Å². The highest BCUT2D eigenvalue weighted by Crippen LogP contribution is 2.25. The zero-order valence-electron chi connectivity index (χ0n) is 6.07. The fourth-order valence-electron chi connectivity index (χ4n) is 0.768. The van der Waals surface area contributed by atoms with Crippen molar-refractivity contribution >= 4 is 6.29 Å². The van der Waals surface area contributed by atoms with Crippen molar-refractivity contribution in [2.45, 2.75) is 0 Å². The van der Waals surface area contributed by atoms with Crippen molar-refractivity contribution in [3.05, 3.63) is 23.8 Å². The average Bonchev–Trinajstić information content (AvgIpc) is 2.05. The van der Waals surface area contributed by atoms with Crippen LogP contribution in [0.25, 0.3) is 0 Å². The average molecular weight is 153 g/mol. The maximum atomic E-state index is 10.2. The van der Waals surface area contributed by atoms with Gasteiger partial charge in [0.05, 0.1) is 7.11 Å². The van der Waals surface area contributed by atoms with E-state index >= 15 is 0 Å². The molecule has 0 unspecified atom stereocenters. The summed E-state index contributed by atoms with van der Waals surface area (Å²) < 4.78 is 4.78. The summed E-state index contributed by atoms with van der Waals surface area (Å²) in [6.45, 7) is 0. The fourth-order valence-corrected chi connectivity index (χ4v) is 0.768. The normalized spacial score (nSPS) is 9.18. The number of ether oxygens (including phenoxy) is 1. The number of carbonyl (C=O) groups is 1. The van der Waals surface area contributed by atoms with Crippen molar-refractivity contribution in [1.82, 2.24) is 0 Å². The number of aromatic hydroxyl groups is 1. The second-order valence-corrected chi connectivity index (χ2v) is 2.05. The molecule has 58 valence electrons. The predicted molar refractivity (Wildman–Crippen MR) is 40.0 cm³/mol. The molecule has 1 aromatic carbocycles. The van der Waals surface area contributed by atoms with Crippen LogP contribution in [0, 0.1) is 0 Å². The number of aldehydes is 1. The standard InChI is InChI=1S/C8H8O3/c1-11-8-4-6(5-9)2-3-7(8)10/h2-5,10H,1H3/i1+1. The minimum atomic E-state index is 0.0399. The smallest absolute Gasteiger partial charge is 0.161 e. The topological polar surface area (TPSA) is 46.5 Å². The Balaban J connectivity index is 3.12. The lowest BCUT2D eigenvalue weighted by molar-refractivity contribution is 0.112. The van der Waals surface area contributed by atoms with E-state index in [0.29, 0.717) is 17.6 Å². The van der Waals surface area contributed by atoms with Gasteiger partial charge >= 0.3 is 0 Å². The molecule has 0 fully saturated rings. The highest BCUT2D eigenvalue weighted by atomic mass is 16.5. The molecule has 1 N–H and O–H groups in total. The van der Waals surface area contributed by atoms with Gasteiger partial charge in [-0.2, -0.15) is 0 Å².